The Kier molecular flexibility index (Phi) is 14.8. The van der Waals surface area contributed by atoms with Gasteiger partial charge in [0.1, 0.15) is 6.54 Å². The third-order valence-electron chi connectivity index (χ3n) is 6.42. The van der Waals surface area contributed by atoms with Crippen LogP contribution in [0.15, 0.2) is 0 Å². The first-order chi connectivity index (χ1) is 17.6. The van der Waals surface area contributed by atoms with Gasteiger partial charge in [-0.25, -0.2) is 4.79 Å². The van der Waals surface area contributed by atoms with Crippen molar-refractivity contribution in [1.82, 2.24) is 15.5 Å². The van der Waals surface area contributed by atoms with Crippen molar-refractivity contribution in [3.05, 3.63) is 0 Å². The standard InChI is InChI=1S/C14H19F3N2O3.C7H11NO.C4H10.C3H8/c1-12(2)8-6-19(7-9(8)12)10(20)5-18-11(21)22-13(3-4-13)14(15,16)17;1-3-5-7(4-2)8-6-9;1-4(2)3;1-3-2/h8-9H,3-7H2,1-2H3,(H,18,21);2,6-7H,3,5H2,1H3,(H,8,9);4H,1-3H3;3H2,1-2H3. The third kappa shape index (κ3) is 11.5. The third-order valence-corrected chi connectivity index (χ3v) is 6.42. The number of hydrogen-bond donors (Lipinski definition) is 2. The van der Waals surface area contributed by atoms with E-state index in [1.54, 1.807) is 4.90 Å². The second kappa shape index (κ2) is 15.8. The lowest BCUT2D eigenvalue weighted by Crippen LogP contribution is -2.44. The molecule has 3 amide bonds. The van der Waals surface area contributed by atoms with E-state index in [1.807, 2.05) is 6.92 Å². The number of hydrogen-bond acceptors (Lipinski definition) is 4. The molecule has 7 nitrogen and oxygen atoms in total. The molecule has 2 aliphatic carbocycles. The van der Waals surface area contributed by atoms with Crippen LogP contribution in [-0.2, 0) is 14.3 Å². The van der Waals surface area contributed by atoms with E-state index in [2.05, 4.69) is 69.8 Å². The molecule has 0 aromatic carbocycles. The second-order valence-corrected chi connectivity index (χ2v) is 11.3. The molecule has 3 fully saturated rings. The van der Waals surface area contributed by atoms with Crippen LogP contribution in [-0.4, -0.2) is 60.8 Å². The first-order valence-corrected chi connectivity index (χ1v) is 13.5. The summed E-state index contributed by atoms with van der Waals surface area (Å²) in [7, 11) is 0. The van der Waals surface area contributed by atoms with Gasteiger partial charge in [0.15, 0.2) is 0 Å². The van der Waals surface area contributed by atoms with Crippen LogP contribution in [0.4, 0.5) is 18.0 Å². The lowest BCUT2D eigenvalue weighted by Gasteiger charge is -2.23. The normalized spacial score (nSPS) is 21.8. The van der Waals surface area contributed by atoms with Crippen molar-refractivity contribution in [2.75, 3.05) is 19.6 Å². The van der Waals surface area contributed by atoms with E-state index in [9.17, 15) is 27.6 Å². The maximum Gasteiger partial charge on any atom is 0.428 e. The zero-order valence-corrected chi connectivity index (χ0v) is 24.3. The van der Waals surface area contributed by atoms with Crippen LogP contribution in [0.2, 0.25) is 0 Å². The van der Waals surface area contributed by atoms with E-state index in [0.29, 0.717) is 31.3 Å². The molecular weight excluding hydrogens is 499 g/mol. The molecule has 220 valence electrons. The van der Waals surface area contributed by atoms with Crippen LogP contribution in [0.1, 0.15) is 87.5 Å². The SMILES string of the molecule is C#CC(CCC)NC=O.CC(C)C.CC1(C)C2CN(C(=O)CNC(=O)OC3(C(F)(F)F)CC3)CC21.CCC. The number of carbonyl (C=O) groups excluding carboxylic acids is 3. The van der Waals surface area contributed by atoms with Gasteiger partial charge in [0, 0.05) is 25.9 Å². The number of likely N-dealkylation sites (tertiary alicyclic amines) is 1. The molecule has 0 radical (unpaired) electrons. The van der Waals surface area contributed by atoms with E-state index >= 15 is 0 Å². The Bertz CT molecular complexity index is 772. The monoisotopic (exact) mass is 547 g/mol. The van der Waals surface area contributed by atoms with Gasteiger partial charge in [0.25, 0.3) is 0 Å². The van der Waals surface area contributed by atoms with Crippen molar-refractivity contribution in [1.29, 1.82) is 0 Å². The molecule has 2 N–H and O–H groups in total. The molecule has 0 aromatic rings. The Balaban J connectivity index is 0.000000711. The number of halogens is 3. The summed E-state index contributed by atoms with van der Waals surface area (Å²) in [5.41, 5.74) is -2.08. The minimum Gasteiger partial charge on any atom is -0.433 e. The number of carbonyl (C=O) groups is 3. The van der Waals surface area contributed by atoms with Gasteiger partial charge in [-0.3, -0.25) is 9.59 Å². The number of piperidine rings is 1. The van der Waals surface area contributed by atoms with E-state index < -0.39 is 17.9 Å². The predicted molar refractivity (Wildman–Crippen MR) is 143 cm³/mol. The number of nitrogens with zero attached hydrogens (tertiary/aromatic N) is 1. The summed E-state index contributed by atoms with van der Waals surface area (Å²) in [6, 6.07) is -0.0764. The summed E-state index contributed by atoms with van der Waals surface area (Å²) in [6.45, 7) is 18.1. The van der Waals surface area contributed by atoms with Crippen LogP contribution < -0.4 is 10.6 Å². The molecule has 3 atom stereocenters. The first-order valence-electron chi connectivity index (χ1n) is 13.5. The fourth-order valence-corrected chi connectivity index (χ4v) is 3.95. The molecule has 0 bridgehead atoms. The van der Waals surface area contributed by atoms with Gasteiger partial charge in [-0.2, -0.15) is 13.2 Å². The topological polar surface area (TPSA) is 87.7 Å². The highest BCUT2D eigenvalue weighted by Crippen LogP contribution is 2.61. The predicted octanol–water partition coefficient (Wildman–Crippen LogP) is 5.53. The van der Waals surface area contributed by atoms with Gasteiger partial charge < -0.3 is 20.3 Å². The van der Waals surface area contributed by atoms with Crippen LogP contribution in [0, 0.1) is 35.5 Å². The molecule has 10 heteroatoms. The lowest BCUT2D eigenvalue weighted by molar-refractivity contribution is -0.217. The number of alkyl halides is 3. The minimum atomic E-state index is -4.56. The molecule has 0 spiro atoms. The van der Waals surface area contributed by atoms with Gasteiger partial charge in [0.05, 0.1) is 6.04 Å². The molecule has 1 aliphatic heterocycles. The molecule has 1 heterocycles. The number of terminal acetylenes is 1. The van der Waals surface area contributed by atoms with E-state index in [-0.39, 0.29) is 36.8 Å². The summed E-state index contributed by atoms with van der Waals surface area (Å²) in [5.74, 6) is 3.99. The van der Waals surface area contributed by atoms with Crippen molar-refractivity contribution in [2.45, 2.75) is 105 Å². The van der Waals surface area contributed by atoms with Crippen LogP contribution in [0.3, 0.4) is 0 Å². The average molecular weight is 548 g/mol. The van der Waals surface area contributed by atoms with Gasteiger partial charge >= 0.3 is 12.3 Å². The van der Waals surface area contributed by atoms with Gasteiger partial charge in [-0.05, 0) is 29.6 Å². The Morgan fingerprint density at radius 3 is 1.95 bits per heavy atom. The van der Waals surface area contributed by atoms with Gasteiger partial charge in [-0.15, -0.1) is 6.42 Å². The first kappa shape index (κ1) is 35.6. The number of alkyl carbamates (subject to hydrolysis) is 1. The molecule has 38 heavy (non-hydrogen) atoms. The molecule has 0 aromatic heterocycles. The summed E-state index contributed by atoms with van der Waals surface area (Å²) in [5, 5.41) is 4.64. The summed E-state index contributed by atoms with van der Waals surface area (Å²) < 4.78 is 42.4. The van der Waals surface area contributed by atoms with E-state index in [1.165, 1.54) is 6.42 Å². The van der Waals surface area contributed by atoms with Crippen molar-refractivity contribution in [2.24, 2.45) is 23.2 Å². The summed E-state index contributed by atoms with van der Waals surface area (Å²) >= 11 is 0. The molecule has 2 saturated carbocycles. The zero-order chi connectivity index (χ0) is 29.7. The number of rotatable bonds is 7. The maximum atomic E-state index is 12.6. The molecule has 1 saturated heterocycles. The summed E-state index contributed by atoms with van der Waals surface area (Å²) in [4.78, 5) is 34.9. The Morgan fingerprint density at radius 2 is 1.61 bits per heavy atom. The molecular formula is C28H48F3N3O4. The average Bonchev–Trinajstić information content (AvgIpc) is 3.60. The quantitative estimate of drug-likeness (QED) is 0.324. The Labute approximate surface area is 227 Å². The van der Waals surface area contributed by atoms with Crippen molar-refractivity contribution < 1.29 is 32.3 Å². The van der Waals surface area contributed by atoms with Crippen LogP contribution in [0.25, 0.3) is 0 Å². The second-order valence-electron chi connectivity index (χ2n) is 11.3. The van der Waals surface area contributed by atoms with E-state index in [0.717, 1.165) is 18.8 Å². The number of fused-ring (bicyclic) bond motifs is 1. The molecule has 3 unspecified atom stereocenters. The molecule has 3 rings (SSSR count). The lowest BCUT2D eigenvalue weighted by atomic mass is 10.1. The zero-order valence-electron chi connectivity index (χ0n) is 24.3. The van der Waals surface area contributed by atoms with Crippen LogP contribution >= 0.6 is 0 Å². The number of amides is 3. The fraction of sp³-hybridized carbons (Fsp3) is 0.821. The van der Waals surface area contributed by atoms with Crippen LogP contribution in [0.5, 0.6) is 0 Å². The number of ether oxygens (including phenoxy) is 1. The van der Waals surface area contributed by atoms with Gasteiger partial charge in [-0.1, -0.05) is 74.2 Å². The highest BCUT2D eigenvalue weighted by Gasteiger charge is 2.67. The maximum absolute atomic E-state index is 12.6. The Hall–Kier alpha value is -2.44. The fourth-order valence-electron chi connectivity index (χ4n) is 3.95. The Morgan fingerprint density at radius 1 is 1.13 bits per heavy atom. The van der Waals surface area contributed by atoms with E-state index in [4.69, 9.17) is 6.42 Å². The highest BCUT2D eigenvalue weighted by molar-refractivity contribution is 5.82. The van der Waals surface area contributed by atoms with Crippen molar-refractivity contribution >= 4 is 18.4 Å². The molecule has 3 aliphatic rings. The highest BCUT2D eigenvalue weighted by atomic mass is 19.4. The van der Waals surface area contributed by atoms with Crippen molar-refractivity contribution in [3.63, 3.8) is 0 Å². The van der Waals surface area contributed by atoms with Crippen molar-refractivity contribution in [3.8, 4) is 12.3 Å². The number of nitrogens with one attached hydrogen (secondary N) is 2. The minimum absolute atomic E-state index is 0.0764. The summed E-state index contributed by atoms with van der Waals surface area (Å²) in [6.07, 6.45) is 2.63. The largest absolute Gasteiger partial charge is 0.433 e. The smallest absolute Gasteiger partial charge is 0.428 e. The van der Waals surface area contributed by atoms with Gasteiger partial charge in [0.2, 0.25) is 17.9 Å².